The zero-order chi connectivity index (χ0) is 21.3. The molecule has 1 aliphatic rings. The average Bonchev–Trinajstić information content (AvgIpc) is 3.18. The van der Waals surface area contributed by atoms with Gasteiger partial charge in [-0.05, 0) is 36.4 Å². The van der Waals surface area contributed by atoms with Crippen LogP contribution in [0.25, 0.3) is 0 Å². The molecule has 3 aromatic rings. The quantitative estimate of drug-likeness (QED) is 0.598. The molecule has 1 atom stereocenters. The zero-order valence-electron chi connectivity index (χ0n) is 15.8. The standard InChI is InChI=1S/C21H17FN4O4/c1-30-13-8-6-12(7-9-13)24-20(27)15-11-23-26-18(14-4-2-3-5-16(14)22)10-17(21(28)29)25-19(15)26/h2-11,18,25H,1H3,(H,24,27)(H,28,29)/t18-/m1/s1. The first-order valence-corrected chi connectivity index (χ1v) is 8.97. The van der Waals surface area contributed by atoms with Crippen LogP contribution in [-0.2, 0) is 4.79 Å². The maximum absolute atomic E-state index is 14.4. The molecule has 0 saturated carbocycles. The van der Waals surface area contributed by atoms with E-state index in [4.69, 9.17) is 4.74 Å². The Morgan fingerprint density at radius 1 is 1.20 bits per heavy atom. The number of allylic oxidation sites excluding steroid dienone is 1. The number of carbonyl (C=O) groups is 2. The Morgan fingerprint density at radius 3 is 2.60 bits per heavy atom. The summed E-state index contributed by atoms with van der Waals surface area (Å²) in [5, 5.41) is 19.1. The number of aromatic nitrogens is 2. The molecule has 8 nitrogen and oxygen atoms in total. The van der Waals surface area contributed by atoms with E-state index in [0.29, 0.717) is 11.4 Å². The molecule has 0 spiro atoms. The van der Waals surface area contributed by atoms with Crippen LogP contribution in [0.3, 0.4) is 0 Å². The maximum atomic E-state index is 14.4. The van der Waals surface area contributed by atoms with E-state index in [1.165, 1.54) is 30.1 Å². The van der Waals surface area contributed by atoms with Gasteiger partial charge in [0.05, 0.1) is 13.3 Å². The Kier molecular flexibility index (Phi) is 4.93. The molecule has 0 fully saturated rings. The first kappa shape index (κ1) is 19.2. The topological polar surface area (TPSA) is 105 Å². The van der Waals surface area contributed by atoms with Crippen LogP contribution < -0.4 is 15.4 Å². The minimum atomic E-state index is -1.23. The lowest BCUT2D eigenvalue weighted by molar-refractivity contribution is -0.132. The van der Waals surface area contributed by atoms with Crippen LogP contribution >= 0.6 is 0 Å². The molecule has 9 heteroatoms. The van der Waals surface area contributed by atoms with Crippen molar-refractivity contribution < 1.29 is 23.8 Å². The second-order valence-corrected chi connectivity index (χ2v) is 6.51. The molecule has 30 heavy (non-hydrogen) atoms. The van der Waals surface area contributed by atoms with Crippen LogP contribution in [0.15, 0.2) is 66.5 Å². The van der Waals surface area contributed by atoms with Crippen LogP contribution in [0.1, 0.15) is 22.0 Å². The fourth-order valence-electron chi connectivity index (χ4n) is 3.20. The molecule has 0 saturated heterocycles. The van der Waals surface area contributed by atoms with Gasteiger partial charge in [-0.1, -0.05) is 18.2 Å². The van der Waals surface area contributed by atoms with Crippen molar-refractivity contribution in [3.8, 4) is 5.75 Å². The van der Waals surface area contributed by atoms with Gasteiger partial charge in [-0.2, -0.15) is 5.10 Å². The summed E-state index contributed by atoms with van der Waals surface area (Å²) in [4.78, 5) is 24.4. The summed E-state index contributed by atoms with van der Waals surface area (Å²) in [5.41, 5.74) is 0.717. The number of anilines is 2. The van der Waals surface area contributed by atoms with E-state index in [1.54, 1.807) is 42.5 Å². The van der Waals surface area contributed by atoms with Gasteiger partial charge in [0.1, 0.15) is 34.7 Å². The number of rotatable bonds is 5. The van der Waals surface area contributed by atoms with E-state index in [9.17, 15) is 19.1 Å². The third-order valence-electron chi connectivity index (χ3n) is 4.68. The zero-order valence-corrected chi connectivity index (χ0v) is 15.8. The molecule has 0 unspecified atom stereocenters. The lowest BCUT2D eigenvalue weighted by atomic mass is 10.0. The molecule has 3 N–H and O–H groups in total. The van der Waals surface area contributed by atoms with E-state index in [0.717, 1.165) is 0 Å². The Bertz CT molecular complexity index is 1150. The average molecular weight is 408 g/mol. The van der Waals surface area contributed by atoms with E-state index >= 15 is 0 Å². The van der Waals surface area contributed by atoms with Crippen LogP contribution in [0.4, 0.5) is 15.9 Å². The maximum Gasteiger partial charge on any atom is 0.352 e. The number of aliphatic carboxylic acids is 1. The van der Waals surface area contributed by atoms with Gasteiger partial charge in [0.25, 0.3) is 5.91 Å². The fourth-order valence-corrected chi connectivity index (χ4v) is 3.20. The molecule has 1 aliphatic heterocycles. The summed E-state index contributed by atoms with van der Waals surface area (Å²) in [6.45, 7) is 0. The van der Waals surface area contributed by atoms with Crippen molar-refractivity contribution in [1.82, 2.24) is 9.78 Å². The number of amides is 1. The summed E-state index contributed by atoms with van der Waals surface area (Å²) < 4.78 is 20.9. The van der Waals surface area contributed by atoms with Crippen molar-refractivity contribution in [2.24, 2.45) is 0 Å². The summed E-state index contributed by atoms with van der Waals surface area (Å²) in [6.07, 6.45) is 2.67. The predicted octanol–water partition coefficient (Wildman–Crippen LogP) is 3.27. The highest BCUT2D eigenvalue weighted by Crippen LogP contribution is 2.33. The fraction of sp³-hybridized carbons (Fsp3) is 0.0952. The minimum Gasteiger partial charge on any atom is -0.497 e. The second-order valence-electron chi connectivity index (χ2n) is 6.51. The van der Waals surface area contributed by atoms with Gasteiger partial charge in [-0.25, -0.2) is 13.9 Å². The van der Waals surface area contributed by atoms with Gasteiger partial charge in [0, 0.05) is 11.3 Å². The van der Waals surface area contributed by atoms with Crippen molar-refractivity contribution in [3.63, 3.8) is 0 Å². The Labute approximate surface area is 170 Å². The van der Waals surface area contributed by atoms with Gasteiger partial charge >= 0.3 is 5.97 Å². The molecule has 0 aliphatic carbocycles. The number of benzene rings is 2. The number of nitrogens with zero attached hydrogens (tertiary/aromatic N) is 2. The van der Waals surface area contributed by atoms with Gasteiger partial charge in [-0.15, -0.1) is 0 Å². The van der Waals surface area contributed by atoms with Crippen molar-refractivity contribution in [1.29, 1.82) is 0 Å². The number of carboxylic acids is 1. The number of hydrogen-bond donors (Lipinski definition) is 3. The van der Waals surface area contributed by atoms with E-state index in [-0.39, 0.29) is 22.6 Å². The van der Waals surface area contributed by atoms with Gasteiger partial charge in [0.2, 0.25) is 0 Å². The number of carboxylic acid groups (broad SMARTS) is 1. The Hall–Kier alpha value is -4.14. The summed E-state index contributed by atoms with van der Waals surface area (Å²) in [6, 6.07) is 11.9. The van der Waals surface area contributed by atoms with Gasteiger partial charge in [0.15, 0.2) is 0 Å². The molecule has 2 aromatic carbocycles. The predicted molar refractivity (Wildman–Crippen MR) is 107 cm³/mol. The highest BCUT2D eigenvalue weighted by Gasteiger charge is 2.30. The van der Waals surface area contributed by atoms with Crippen LogP contribution in [-0.4, -0.2) is 33.9 Å². The Morgan fingerprint density at radius 2 is 1.93 bits per heavy atom. The molecule has 1 amide bonds. The number of hydrogen-bond acceptors (Lipinski definition) is 5. The summed E-state index contributed by atoms with van der Waals surface area (Å²) in [5.74, 6) is -1.43. The lowest BCUT2D eigenvalue weighted by Gasteiger charge is -2.24. The van der Waals surface area contributed by atoms with E-state index in [1.807, 2.05) is 0 Å². The van der Waals surface area contributed by atoms with Crippen molar-refractivity contribution in [2.75, 3.05) is 17.7 Å². The molecule has 2 heterocycles. The smallest absolute Gasteiger partial charge is 0.352 e. The molecule has 1 aromatic heterocycles. The minimum absolute atomic E-state index is 0.124. The molecule has 0 bridgehead atoms. The highest BCUT2D eigenvalue weighted by molar-refractivity contribution is 6.08. The van der Waals surface area contributed by atoms with Gasteiger partial charge < -0.3 is 20.5 Å². The van der Waals surface area contributed by atoms with Gasteiger partial charge in [-0.3, -0.25) is 4.79 Å². The number of fused-ring (bicyclic) bond motifs is 1. The number of methoxy groups -OCH3 is 1. The number of carbonyl (C=O) groups excluding carboxylic acids is 1. The first-order valence-electron chi connectivity index (χ1n) is 8.97. The summed E-state index contributed by atoms with van der Waals surface area (Å²) in [7, 11) is 1.54. The van der Waals surface area contributed by atoms with Crippen molar-refractivity contribution >= 4 is 23.4 Å². The number of halogens is 1. The molecule has 0 radical (unpaired) electrons. The number of nitrogens with one attached hydrogen (secondary N) is 2. The van der Waals surface area contributed by atoms with Crippen LogP contribution in [0.2, 0.25) is 0 Å². The largest absolute Gasteiger partial charge is 0.497 e. The van der Waals surface area contributed by atoms with E-state index < -0.39 is 23.7 Å². The monoisotopic (exact) mass is 408 g/mol. The normalized spacial score (nSPS) is 14.9. The molecular formula is C21H17FN4O4. The Balaban J connectivity index is 1.70. The molecule has 152 valence electrons. The lowest BCUT2D eigenvalue weighted by Crippen LogP contribution is -2.26. The van der Waals surface area contributed by atoms with Crippen LogP contribution in [0, 0.1) is 5.82 Å². The van der Waals surface area contributed by atoms with Crippen LogP contribution in [0.5, 0.6) is 5.75 Å². The van der Waals surface area contributed by atoms with Crippen molar-refractivity contribution in [2.45, 2.75) is 6.04 Å². The number of ether oxygens (including phenoxy) is 1. The first-order chi connectivity index (χ1) is 14.5. The second kappa shape index (κ2) is 7.70. The van der Waals surface area contributed by atoms with Crippen molar-refractivity contribution in [3.05, 3.63) is 83.4 Å². The highest BCUT2D eigenvalue weighted by atomic mass is 19.1. The SMILES string of the molecule is COc1ccc(NC(=O)c2cnn3c2NC(C(=O)O)=C[C@@H]3c2ccccc2F)cc1. The third kappa shape index (κ3) is 3.48. The molecular weight excluding hydrogens is 391 g/mol. The third-order valence-corrected chi connectivity index (χ3v) is 4.68. The molecule has 4 rings (SSSR count). The van der Waals surface area contributed by atoms with E-state index in [2.05, 4.69) is 15.7 Å². The summed E-state index contributed by atoms with van der Waals surface area (Å²) >= 11 is 0.